The molecule has 1 aromatic heterocycles. The summed E-state index contributed by atoms with van der Waals surface area (Å²) in [6.07, 6.45) is 1.72. The van der Waals surface area contributed by atoms with Crippen molar-refractivity contribution in [1.82, 2.24) is 4.98 Å². The van der Waals surface area contributed by atoms with Crippen LogP contribution in [0.1, 0.15) is 34.1 Å². The number of anilines is 1. The highest BCUT2D eigenvalue weighted by Crippen LogP contribution is 2.27. The number of hydrogen-bond donors (Lipinski definition) is 2. The van der Waals surface area contributed by atoms with E-state index in [0.29, 0.717) is 22.5 Å². The van der Waals surface area contributed by atoms with Gasteiger partial charge in [-0.2, -0.15) is 0 Å². The molecule has 29 heavy (non-hydrogen) atoms. The first kappa shape index (κ1) is 20.8. The Bertz CT molecular complexity index is 1080. The minimum absolute atomic E-state index is 0.0711. The van der Waals surface area contributed by atoms with Crippen molar-refractivity contribution < 1.29 is 18.3 Å². The maximum absolute atomic E-state index is 13.1. The van der Waals surface area contributed by atoms with Crippen LogP contribution in [0.15, 0.2) is 66.9 Å². The minimum atomic E-state index is -3.85. The number of ketones is 1. The molecule has 152 valence electrons. The van der Waals surface area contributed by atoms with Gasteiger partial charge in [0.25, 0.3) is 0 Å². The average molecular weight is 413 g/mol. The van der Waals surface area contributed by atoms with Crippen molar-refractivity contribution in [1.29, 1.82) is 0 Å². The number of benzene rings is 2. The van der Waals surface area contributed by atoms with Crippen LogP contribution >= 0.6 is 0 Å². The number of aromatic nitrogens is 1. The third-order valence-electron chi connectivity index (χ3n) is 4.84. The molecule has 2 aromatic carbocycles. The lowest BCUT2D eigenvalue weighted by Crippen LogP contribution is -2.39. The zero-order valence-electron chi connectivity index (χ0n) is 16.4. The minimum Gasteiger partial charge on any atom is -0.395 e. The Balaban J connectivity index is 2.07. The molecule has 6 nitrogen and oxygen atoms in total. The second-order valence-corrected chi connectivity index (χ2v) is 9.21. The molecule has 0 amide bonds. The Kier molecular flexibility index (Phi) is 6.20. The molecule has 3 aromatic rings. The fourth-order valence-electron chi connectivity index (χ4n) is 3.01. The zero-order chi connectivity index (χ0) is 21.0. The third kappa shape index (κ3) is 4.41. The van der Waals surface area contributed by atoms with Gasteiger partial charge in [0.1, 0.15) is 5.25 Å². The second-order valence-electron chi connectivity index (χ2n) is 6.93. The number of H-pyrrole nitrogens is 1. The van der Waals surface area contributed by atoms with Crippen molar-refractivity contribution in [3.63, 3.8) is 0 Å². The Hall–Kier alpha value is -2.90. The number of aryl methyl sites for hydroxylation is 1. The lowest BCUT2D eigenvalue weighted by atomic mass is 9.98. The molecular weight excluding hydrogens is 388 g/mol. The van der Waals surface area contributed by atoms with E-state index in [1.807, 2.05) is 13.0 Å². The maximum Gasteiger partial charge on any atom is 0.240 e. The van der Waals surface area contributed by atoms with Crippen LogP contribution in [0.3, 0.4) is 0 Å². The molecule has 0 aliphatic heterocycles. The van der Waals surface area contributed by atoms with Gasteiger partial charge in [0.05, 0.1) is 18.8 Å². The van der Waals surface area contributed by atoms with Crippen LogP contribution in [0, 0.1) is 6.92 Å². The number of aliphatic hydroxyl groups is 1. The van der Waals surface area contributed by atoms with Gasteiger partial charge >= 0.3 is 0 Å². The Morgan fingerprint density at radius 1 is 1.10 bits per heavy atom. The van der Waals surface area contributed by atoms with E-state index >= 15 is 0 Å². The van der Waals surface area contributed by atoms with Crippen LogP contribution in [0.2, 0.25) is 0 Å². The van der Waals surface area contributed by atoms with E-state index in [-0.39, 0.29) is 12.3 Å². The van der Waals surface area contributed by atoms with Crippen molar-refractivity contribution >= 4 is 21.5 Å². The van der Waals surface area contributed by atoms with E-state index in [4.69, 9.17) is 0 Å². The summed E-state index contributed by atoms with van der Waals surface area (Å²) in [4.78, 5) is 16.0. The standard InChI is InChI=1S/C22H24N2O4S/c1-16-10-11-20(13-21(16)22(26)18-7-4-3-5-8-18)24(14-19-9-6-12-23-19)29(27,28)17(2)15-25/h3-13,17,23,25H,14-15H2,1-2H3. The van der Waals surface area contributed by atoms with Crippen molar-refractivity contribution in [3.05, 3.63) is 89.2 Å². The van der Waals surface area contributed by atoms with Crippen molar-refractivity contribution in [2.24, 2.45) is 0 Å². The number of rotatable bonds is 8. The topological polar surface area (TPSA) is 90.5 Å². The van der Waals surface area contributed by atoms with Gasteiger partial charge in [-0.25, -0.2) is 8.42 Å². The monoisotopic (exact) mass is 412 g/mol. The van der Waals surface area contributed by atoms with Crippen LogP contribution in [0.5, 0.6) is 0 Å². The number of carbonyl (C=O) groups is 1. The highest BCUT2D eigenvalue weighted by atomic mass is 32.2. The Labute approximate surface area is 170 Å². The molecule has 0 fully saturated rings. The van der Waals surface area contributed by atoms with Crippen molar-refractivity contribution in [3.8, 4) is 0 Å². The quantitative estimate of drug-likeness (QED) is 0.556. The summed E-state index contributed by atoms with van der Waals surface area (Å²) in [7, 11) is -3.85. The fraction of sp³-hybridized carbons (Fsp3) is 0.227. The SMILES string of the molecule is Cc1ccc(N(Cc2ccc[nH]2)S(=O)(=O)C(C)CO)cc1C(=O)c1ccccc1. The van der Waals surface area contributed by atoms with Crippen LogP contribution in [-0.4, -0.2) is 36.1 Å². The molecule has 7 heteroatoms. The summed E-state index contributed by atoms with van der Waals surface area (Å²) in [5.74, 6) is -0.169. The van der Waals surface area contributed by atoms with Gasteiger partial charge in [0, 0.05) is 23.0 Å². The first-order valence-corrected chi connectivity index (χ1v) is 10.8. The highest BCUT2D eigenvalue weighted by molar-refractivity contribution is 7.93. The number of carbonyl (C=O) groups excluding carboxylic acids is 1. The van der Waals surface area contributed by atoms with Gasteiger partial charge in [-0.05, 0) is 43.7 Å². The maximum atomic E-state index is 13.1. The number of aromatic amines is 1. The number of nitrogens with one attached hydrogen (secondary N) is 1. The predicted molar refractivity (Wildman–Crippen MR) is 113 cm³/mol. The predicted octanol–water partition coefficient (Wildman–Crippen LogP) is 3.27. The molecule has 3 rings (SSSR count). The van der Waals surface area contributed by atoms with E-state index in [1.54, 1.807) is 60.8 Å². The number of hydrogen-bond acceptors (Lipinski definition) is 4. The lowest BCUT2D eigenvalue weighted by molar-refractivity contribution is 0.103. The molecule has 0 aliphatic rings. The van der Waals surface area contributed by atoms with Gasteiger partial charge < -0.3 is 10.1 Å². The molecule has 1 atom stereocenters. The van der Waals surface area contributed by atoms with E-state index in [1.165, 1.54) is 11.2 Å². The number of nitrogens with zero attached hydrogens (tertiary/aromatic N) is 1. The van der Waals surface area contributed by atoms with E-state index in [9.17, 15) is 18.3 Å². The van der Waals surface area contributed by atoms with Gasteiger partial charge in [-0.15, -0.1) is 0 Å². The van der Waals surface area contributed by atoms with Crippen molar-refractivity contribution in [2.75, 3.05) is 10.9 Å². The molecule has 1 unspecified atom stereocenters. The molecule has 1 heterocycles. The zero-order valence-corrected chi connectivity index (χ0v) is 17.2. The summed E-state index contributed by atoms with van der Waals surface area (Å²) in [6, 6.07) is 17.5. The molecule has 0 radical (unpaired) electrons. The Morgan fingerprint density at radius 3 is 2.45 bits per heavy atom. The van der Waals surface area contributed by atoms with Crippen LogP contribution < -0.4 is 4.31 Å². The summed E-state index contributed by atoms with van der Waals surface area (Å²) in [5, 5.41) is 8.48. The molecule has 0 saturated carbocycles. The van der Waals surface area contributed by atoms with E-state index in [2.05, 4.69) is 4.98 Å². The lowest BCUT2D eigenvalue weighted by Gasteiger charge is -2.27. The molecule has 0 saturated heterocycles. The summed E-state index contributed by atoms with van der Waals surface area (Å²) < 4.78 is 27.4. The van der Waals surface area contributed by atoms with Gasteiger partial charge in [-0.3, -0.25) is 9.10 Å². The second kappa shape index (κ2) is 8.63. The third-order valence-corrected chi connectivity index (χ3v) is 6.96. The Morgan fingerprint density at radius 2 is 1.83 bits per heavy atom. The van der Waals surface area contributed by atoms with E-state index < -0.39 is 21.9 Å². The summed E-state index contributed by atoms with van der Waals surface area (Å²) in [5.41, 5.74) is 2.82. The molecule has 0 aliphatic carbocycles. The van der Waals surface area contributed by atoms with Gasteiger partial charge in [-0.1, -0.05) is 36.4 Å². The summed E-state index contributed by atoms with van der Waals surface area (Å²) >= 11 is 0. The normalized spacial score (nSPS) is 12.5. The molecular formula is C22H24N2O4S. The first-order valence-electron chi connectivity index (χ1n) is 9.29. The molecule has 0 spiro atoms. The molecule has 2 N–H and O–H groups in total. The van der Waals surface area contributed by atoms with Crippen LogP contribution in [0.4, 0.5) is 5.69 Å². The summed E-state index contributed by atoms with van der Waals surface area (Å²) in [6.45, 7) is 2.86. The highest BCUT2D eigenvalue weighted by Gasteiger charge is 2.30. The van der Waals surface area contributed by atoms with Gasteiger partial charge in [0.15, 0.2) is 5.78 Å². The van der Waals surface area contributed by atoms with Crippen molar-refractivity contribution in [2.45, 2.75) is 25.6 Å². The van der Waals surface area contributed by atoms with Crippen LogP contribution in [0.25, 0.3) is 0 Å². The van der Waals surface area contributed by atoms with Crippen LogP contribution in [-0.2, 0) is 16.6 Å². The average Bonchev–Trinajstić information content (AvgIpc) is 3.25. The smallest absolute Gasteiger partial charge is 0.240 e. The first-order chi connectivity index (χ1) is 13.8. The number of sulfonamides is 1. The molecule has 0 bridgehead atoms. The fourth-order valence-corrected chi connectivity index (χ4v) is 4.36. The van der Waals surface area contributed by atoms with Gasteiger partial charge in [0.2, 0.25) is 10.0 Å². The van der Waals surface area contributed by atoms with E-state index in [0.717, 1.165) is 5.56 Å². The number of aliphatic hydroxyl groups excluding tert-OH is 1. The largest absolute Gasteiger partial charge is 0.395 e.